The molecule has 3 heteroatoms. The average Bonchev–Trinajstić information content (AvgIpc) is 3.87. The molecular formula is C53H35NOS. The molecule has 2 nitrogen and oxygen atoms in total. The lowest BCUT2D eigenvalue weighted by Crippen LogP contribution is -2.16. The molecule has 0 fully saturated rings. The first-order valence-corrected chi connectivity index (χ1v) is 20.1. The van der Waals surface area contributed by atoms with Gasteiger partial charge in [0.1, 0.15) is 11.2 Å². The molecule has 0 saturated heterocycles. The maximum Gasteiger partial charge on any atom is 0.143 e. The first-order chi connectivity index (χ1) is 27.5. The summed E-state index contributed by atoms with van der Waals surface area (Å²) in [6.45, 7) is 4.72. The van der Waals surface area contributed by atoms with Crippen molar-refractivity contribution in [2.24, 2.45) is 0 Å². The molecule has 0 bridgehead atoms. The van der Waals surface area contributed by atoms with Gasteiger partial charge >= 0.3 is 0 Å². The summed E-state index contributed by atoms with van der Waals surface area (Å²) < 4.78 is 9.49. The van der Waals surface area contributed by atoms with Gasteiger partial charge in [0, 0.05) is 48.6 Å². The van der Waals surface area contributed by atoms with E-state index < -0.39 is 0 Å². The molecule has 0 atom stereocenters. The van der Waals surface area contributed by atoms with Crippen molar-refractivity contribution in [3.8, 4) is 22.3 Å². The highest BCUT2D eigenvalue weighted by Crippen LogP contribution is 2.52. The number of nitrogens with zero attached hydrogens (tertiary/aromatic N) is 1. The Morgan fingerprint density at radius 1 is 0.482 bits per heavy atom. The third-order valence-corrected chi connectivity index (χ3v) is 13.4. The molecule has 2 heterocycles. The molecule has 12 rings (SSSR count). The molecule has 11 aromatic rings. The Kier molecular flexibility index (Phi) is 6.59. The zero-order valence-corrected chi connectivity index (χ0v) is 31.8. The number of rotatable bonds is 4. The van der Waals surface area contributed by atoms with Gasteiger partial charge in [-0.15, -0.1) is 11.3 Å². The third-order valence-electron chi connectivity index (χ3n) is 12.2. The number of furan rings is 1. The Morgan fingerprint density at radius 3 is 2.11 bits per heavy atom. The molecule has 0 saturated carbocycles. The molecule has 0 unspecified atom stereocenters. The Morgan fingerprint density at radius 2 is 1.20 bits per heavy atom. The third kappa shape index (κ3) is 4.49. The van der Waals surface area contributed by atoms with Crippen LogP contribution in [-0.2, 0) is 5.41 Å². The van der Waals surface area contributed by atoms with E-state index in [4.69, 9.17) is 4.42 Å². The standard InChI is InChI=1S/C53H35NOS/c1-53(2)45-19-9-7-16-39(45)40-26-24-37(31-46(40)53)54(47-20-11-18-42-41-17-8-10-21-49(41)56-52(42)47)36-25-27-48-43(30-36)44-29-34-14-5-6-15-38(34)50(51(44)55-48)35-23-22-32-12-3-4-13-33(32)28-35/h3-31H,1-2H3. The molecule has 1 aliphatic carbocycles. The minimum Gasteiger partial charge on any atom is -0.455 e. The van der Waals surface area contributed by atoms with Crippen LogP contribution in [0.5, 0.6) is 0 Å². The van der Waals surface area contributed by atoms with Crippen molar-refractivity contribution in [2.75, 3.05) is 4.90 Å². The first kappa shape index (κ1) is 31.6. The summed E-state index contributed by atoms with van der Waals surface area (Å²) in [5.41, 5.74) is 12.8. The predicted octanol–water partition coefficient (Wildman–Crippen LogP) is 15.7. The van der Waals surface area contributed by atoms with Crippen molar-refractivity contribution in [2.45, 2.75) is 19.3 Å². The summed E-state index contributed by atoms with van der Waals surface area (Å²) in [6, 6.07) is 64.6. The van der Waals surface area contributed by atoms with Crippen LogP contribution in [0.4, 0.5) is 17.1 Å². The van der Waals surface area contributed by atoms with E-state index in [1.807, 2.05) is 11.3 Å². The fourth-order valence-electron chi connectivity index (χ4n) is 9.50. The molecule has 0 amide bonds. The second-order valence-corrected chi connectivity index (χ2v) is 16.7. The van der Waals surface area contributed by atoms with Gasteiger partial charge in [-0.2, -0.15) is 0 Å². The quantitative estimate of drug-likeness (QED) is 0.179. The topological polar surface area (TPSA) is 16.4 Å². The van der Waals surface area contributed by atoms with Crippen molar-refractivity contribution in [1.29, 1.82) is 0 Å². The average molecular weight is 734 g/mol. The highest BCUT2D eigenvalue weighted by Gasteiger charge is 2.36. The van der Waals surface area contributed by atoms with Crippen LogP contribution in [0.2, 0.25) is 0 Å². The van der Waals surface area contributed by atoms with Gasteiger partial charge in [0.05, 0.1) is 10.4 Å². The van der Waals surface area contributed by atoms with Crippen molar-refractivity contribution >= 4 is 92.1 Å². The van der Waals surface area contributed by atoms with Gasteiger partial charge in [0.2, 0.25) is 0 Å². The number of hydrogen-bond acceptors (Lipinski definition) is 3. The van der Waals surface area contributed by atoms with Crippen molar-refractivity contribution < 1.29 is 4.42 Å². The van der Waals surface area contributed by atoms with Gasteiger partial charge in [-0.3, -0.25) is 0 Å². The van der Waals surface area contributed by atoms with Gasteiger partial charge in [0.25, 0.3) is 0 Å². The highest BCUT2D eigenvalue weighted by molar-refractivity contribution is 7.26. The summed E-state index contributed by atoms with van der Waals surface area (Å²) in [6.07, 6.45) is 0. The first-order valence-electron chi connectivity index (χ1n) is 19.3. The molecule has 1 aliphatic rings. The zero-order valence-electron chi connectivity index (χ0n) is 31.0. The van der Waals surface area contributed by atoms with Gasteiger partial charge in [-0.25, -0.2) is 0 Å². The lowest BCUT2D eigenvalue weighted by molar-refractivity contribution is 0.660. The predicted molar refractivity (Wildman–Crippen MR) is 239 cm³/mol. The molecule has 0 radical (unpaired) electrons. The van der Waals surface area contributed by atoms with Gasteiger partial charge in [-0.1, -0.05) is 135 Å². The fourth-order valence-corrected chi connectivity index (χ4v) is 10.7. The van der Waals surface area contributed by atoms with E-state index in [0.717, 1.165) is 44.4 Å². The smallest absolute Gasteiger partial charge is 0.143 e. The van der Waals surface area contributed by atoms with E-state index in [2.05, 4.69) is 195 Å². The van der Waals surface area contributed by atoms with Gasteiger partial charge in [0.15, 0.2) is 0 Å². The van der Waals surface area contributed by atoms with Crippen molar-refractivity contribution in [3.05, 3.63) is 187 Å². The molecular weight excluding hydrogens is 699 g/mol. The van der Waals surface area contributed by atoms with Crippen LogP contribution in [0.15, 0.2) is 180 Å². The summed E-state index contributed by atoms with van der Waals surface area (Å²) >= 11 is 1.87. The largest absolute Gasteiger partial charge is 0.455 e. The van der Waals surface area contributed by atoms with Crippen LogP contribution in [0.25, 0.3) is 85.9 Å². The number of thiophene rings is 1. The monoisotopic (exact) mass is 733 g/mol. The Balaban J connectivity index is 1.12. The second kappa shape index (κ2) is 11.7. The molecule has 264 valence electrons. The Hall–Kier alpha value is -6.68. The number of anilines is 3. The molecule has 0 aliphatic heterocycles. The van der Waals surface area contributed by atoms with Crippen LogP contribution >= 0.6 is 11.3 Å². The van der Waals surface area contributed by atoms with Crippen LogP contribution < -0.4 is 4.90 Å². The van der Waals surface area contributed by atoms with Crippen LogP contribution in [0.3, 0.4) is 0 Å². The summed E-state index contributed by atoms with van der Waals surface area (Å²) in [5.74, 6) is 0. The number of hydrogen-bond donors (Lipinski definition) is 0. The summed E-state index contributed by atoms with van der Waals surface area (Å²) in [4.78, 5) is 2.47. The van der Waals surface area contributed by atoms with E-state index in [0.29, 0.717) is 0 Å². The normalized spacial score (nSPS) is 13.3. The lowest BCUT2D eigenvalue weighted by Gasteiger charge is -2.28. The fraction of sp³-hybridized carbons (Fsp3) is 0.0566. The second-order valence-electron chi connectivity index (χ2n) is 15.7. The van der Waals surface area contributed by atoms with Crippen molar-refractivity contribution in [1.82, 2.24) is 0 Å². The molecule has 9 aromatic carbocycles. The van der Waals surface area contributed by atoms with Gasteiger partial charge < -0.3 is 9.32 Å². The SMILES string of the molecule is CC1(C)c2ccccc2-c2ccc(N(c3ccc4oc5c(-c6ccc7ccccc7c6)c6ccccc6cc5c4c3)c3cccc4c3sc3ccccc34)cc21. The maximum atomic E-state index is 6.92. The van der Waals surface area contributed by atoms with Crippen molar-refractivity contribution in [3.63, 3.8) is 0 Å². The highest BCUT2D eigenvalue weighted by atomic mass is 32.1. The lowest BCUT2D eigenvalue weighted by atomic mass is 9.82. The van der Waals surface area contributed by atoms with E-state index >= 15 is 0 Å². The maximum absolute atomic E-state index is 6.92. The summed E-state index contributed by atoms with van der Waals surface area (Å²) in [7, 11) is 0. The Bertz CT molecular complexity index is 3420. The van der Waals surface area contributed by atoms with Crippen LogP contribution in [0, 0.1) is 0 Å². The van der Waals surface area contributed by atoms with E-state index in [1.54, 1.807) is 0 Å². The van der Waals surface area contributed by atoms with Gasteiger partial charge in [-0.05, 0) is 104 Å². The molecule has 0 N–H and O–H groups in total. The number of fused-ring (bicyclic) bond motifs is 11. The minimum absolute atomic E-state index is 0.123. The Labute approximate surface area is 328 Å². The molecule has 0 spiro atoms. The van der Waals surface area contributed by atoms with Crippen LogP contribution in [-0.4, -0.2) is 0 Å². The summed E-state index contributed by atoms with van der Waals surface area (Å²) in [5, 5.41) is 9.64. The van der Waals surface area contributed by atoms with E-state index in [-0.39, 0.29) is 5.41 Å². The molecule has 2 aromatic heterocycles. The molecule has 56 heavy (non-hydrogen) atoms. The van der Waals surface area contributed by atoms with E-state index in [9.17, 15) is 0 Å². The minimum atomic E-state index is -0.123. The zero-order chi connectivity index (χ0) is 37.1. The van der Waals surface area contributed by atoms with E-state index in [1.165, 1.54) is 69.7 Å². The van der Waals surface area contributed by atoms with Crippen LogP contribution in [0.1, 0.15) is 25.0 Å². The number of benzene rings is 9.